The van der Waals surface area contributed by atoms with Crippen LogP contribution in [0.2, 0.25) is 0 Å². The van der Waals surface area contributed by atoms with Crippen LogP contribution in [0.3, 0.4) is 0 Å². The van der Waals surface area contributed by atoms with Gasteiger partial charge in [-0.3, -0.25) is 24.0 Å². The SMILES string of the molecule is CCN1C(=O)c2c(Nc3ccc(N(C)C)cc3)cc(=O)n(C)c2N(c2ccccc2F)C1O. The predicted octanol–water partition coefficient (Wildman–Crippen LogP) is 3.22. The van der Waals surface area contributed by atoms with E-state index in [1.807, 2.05) is 43.3 Å². The average molecular weight is 452 g/mol. The van der Waals surface area contributed by atoms with Crippen molar-refractivity contribution in [2.45, 2.75) is 13.3 Å². The molecule has 1 aromatic heterocycles. The van der Waals surface area contributed by atoms with E-state index in [1.54, 1.807) is 13.0 Å². The average Bonchev–Trinajstić information content (AvgIpc) is 2.78. The third-order valence-electron chi connectivity index (χ3n) is 5.74. The van der Waals surface area contributed by atoms with Crippen LogP contribution in [0.4, 0.5) is 33.0 Å². The number of hydrogen-bond acceptors (Lipinski definition) is 6. The molecule has 4 rings (SSSR count). The monoisotopic (exact) mass is 451 g/mol. The standard InChI is InChI=1S/C24H26FN5O3/c1-5-29-23(32)21-18(26-15-10-12-16(13-11-15)27(2)3)14-20(31)28(4)22(21)30(24(29)33)19-9-7-6-8-17(19)25/h6-14,24,26,33H,5H2,1-4H3. The number of fused-ring (bicyclic) bond motifs is 1. The Morgan fingerprint density at radius 3 is 2.36 bits per heavy atom. The van der Waals surface area contributed by atoms with Crippen molar-refractivity contribution in [2.75, 3.05) is 35.8 Å². The Morgan fingerprint density at radius 1 is 1.09 bits per heavy atom. The number of carbonyl (C=O) groups excluding carboxylic acids is 1. The molecule has 1 unspecified atom stereocenters. The van der Waals surface area contributed by atoms with Crippen LogP contribution in [-0.2, 0) is 7.05 Å². The smallest absolute Gasteiger partial charge is 0.263 e. The number of anilines is 5. The van der Waals surface area contributed by atoms with E-state index in [9.17, 15) is 19.1 Å². The quantitative estimate of drug-likeness (QED) is 0.620. The van der Waals surface area contributed by atoms with Crippen molar-refractivity contribution in [3.63, 3.8) is 0 Å². The molecule has 0 saturated heterocycles. The number of pyridine rings is 1. The molecule has 0 saturated carbocycles. The summed E-state index contributed by atoms with van der Waals surface area (Å²) in [6, 6.07) is 14.8. The summed E-state index contributed by atoms with van der Waals surface area (Å²) in [5.74, 6) is -0.934. The number of aromatic nitrogens is 1. The topological polar surface area (TPSA) is 81.1 Å². The van der Waals surface area contributed by atoms with Crippen molar-refractivity contribution in [3.8, 4) is 0 Å². The molecule has 0 radical (unpaired) electrons. The fourth-order valence-electron chi connectivity index (χ4n) is 3.96. The molecule has 2 N–H and O–H groups in total. The van der Waals surface area contributed by atoms with E-state index in [4.69, 9.17) is 0 Å². The van der Waals surface area contributed by atoms with Gasteiger partial charge >= 0.3 is 0 Å². The zero-order valence-electron chi connectivity index (χ0n) is 18.9. The highest BCUT2D eigenvalue weighted by Crippen LogP contribution is 2.40. The lowest BCUT2D eigenvalue weighted by Gasteiger charge is -2.43. The summed E-state index contributed by atoms with van der Waals surface area (Å²) in [6.45, 7) is 1.91. The van der Waals surface area contributed by atoms with Crippen molar-refractivity contribution in [1.82, 2.24) is 9.47 Å². The Morgan fingerprint density at radius 2 is 1.76 bits per heavy atom. The van der Waals surface area contributed by atoms with E-state index >= 15 is 0 Å². The van der Waals surface area contributed by atoms with Gasteiger partial charge in [0.1, 0.15) is 17.2 Å². The fraction of sp³-hybridized carbons (Fsp3) is 0.250. The molecule has 8 nitrogen and oxygen atoms in total. The summed E-state index contributed by atoms with van der Waals surface area (Å²) in [4.78, 5) is 30.7. The van der Waals surface area contributed by atoms with Crippen LogP contribution >= 0.6 is 0 Å². The summed E-state index contributed by atoms with van der Waals surface area (Å²) < 4.78 is 16.0. The van der Waals surface area contributed by atoms with Crippen LogP contribution in [0, 0.1) is 5.82 Å². The number of aliphatic hydroxyl groups is 1. The molecule has 1 amide bonds. The Bertz CT molecular complexity index is 1260. The first-order valence-corrected chi connectivity index (χ1v) is 10.6. The van der Waals surface area contributed by atoms with Gasteiger partial charge in [0.25, 0.3) is 11.5 Å². The highest BCUT2D eigenvalue weighted by molar-refractivity contribution is 6.07. The molecule has 172 valence electrons. The molecule has 3 aromatic rings. The first-order chi connectivity index (χ1) is 15.7. The van der Waals surface area contributed by atoms with Gasteiger partial charge in [-0.2, -0.15) is 0 Å². The summed E-state index contributed by atoms with van der Waals surface area (Å²) in [5.41, 5.74) is 1.77. The van der Waals surface area contributed by atoms with E-state index in [0.29, 0.717) is 5.69 Å². The molecule has 1 atom stereocenters. The molecule has 2 heterocycles. The molecule has 33 heavy (non-hydrogen) atoms. The minimum absolute atomic E-state index is 0.0553. The van der Waals surface area contributed by atoms with Gasteiger partial charge in [-0.05, 0) is 43.3 Å². The largest absolute Gasteiger partial charge is 0.378 e. The number of carbonyl (C=O) groups is 1. The molecule has 0 fully saturated rings. The van der Waals surface area contributed by atoms with Crippen LogP contribution in [-0.4, -0.2) is 47.5 Å². The number of nitrogens with zero attached hydrogens (tertiary/aromatic N) is 4. The number of benzene rings is 2. The highest BCUT2D eigenvalue weighted by Gasteiger charge is 2.41. The lowest BCUT2D eigenvalue weighted by atomic mass is 10.1. The van der Waals surface area contributed by atoms with E-state index in [-0.39, 0.29) is 29.3 Å². The van der Waals surface area contributed by atoms with Crippen LogP contribution in [0.25, 0.3) is 0 Å². The van der Waals surface area contributed by atoms with Gasteiger partial charge in [0.15, 0.2) is 0 Å². The van der Waals surface area contributed by atoms with Crippen LogP contribution in [0.1, 0.15) is 17.3 Å². The highest BCUT2D eigenvalue weighted by atomic mass is 19.1. The summed E-state index contributed by atoms with van der Waals surface area (Å²) >= 11 is 0. The van der Waals surface area contributed by atoms with Gasteiger partial charge in [-0.1, -0.05) is 12.1 Å². The maximum atomic E-state index is 14.8. The van der Waals surface area contributed by atoms with Gasteiger partial charge in [-0.15, -0.1) is 0 Å². The van der Waals surface area contributed by atoms with E-state index in [0.717, 1.165) is 5.69 Å². The number of halogens is 1. The van der Waals surface area contributed by atoms with Crippen LogP contribution < -0.4 is 20.7 Å². The van der Waals surface area contributed by atoms with E-state index in [1.165, 1.54) is 45.7 Å². The van der Waals surface area contributed by atoms with Crippen molar-refractivity contribution >= 4 is 34.5 Å². The third-order valence-corrected chi connectivity index (χ3v) is 5.74. The Labute approximate surface area is 191 Å². The molecule has 0 aliphatic carbocycles. The van der Waals surface area contributed by atoms with E-state index < -0.39 is 23.6 Å². The molecular weight excluding hydrogens is 425 g/mol. The predicted molar refractivity (Wildman–Crippen MR) is 127 cm³/mol. The minimum Gasteiger partial charge on any atom is -0.378 e. The van der Waals surface area contributed by atoms with Gasteiger partial charge in [0, 0.05) is 45.1 Å². The maximum Gasteiger partial charge on any atom is 0.263 e. The molecular formula is C24H26FN5O3. The zero-order chi connectivity index (χ0) is 23.9. The number of amides is 1. The molecule has 0 spiro atoms. The molecule has 2 aromatic carbocycles. The van der Waals surface area contributed by atoms with Gasteiger partial charge in [0.05, 0.1) is 11.4 Å². The third kappa shape index (κ3) is 3.80. The van der Waals surface area contributed by atoms with E-state index in [2.05, 4.69) is 5.32 Å². The normalized spacial score (nSPS) is 15.5. The minimum atomic E-state index is -1.48. The zero-order valence-corrected chi connectivity index (χ0v) is 18.9. The van der Waals surface area contributed by atoms with Crippen molar-refractivity contribution < 1.29 is 14.3 Å². The maximum absolute atomic E-state index is 14.8. The second-order valence-corrected chi connectivity index (χ2v) is 7.98. The summed E-state index contributed by atoms with van der Waals surface area (Å²) in [7, 11) is 5.35. The van der Waals surface area contributed by atoms with Crippen LogP contribution in [0.5, 0.6) is 0 Å². The number of para-hydroxylation sites is 1. The Balaban J connectivity index is 1.92. The fourth-order valence-corrected chi connectivity index (χ4v) is 3.96. The lowest BCUT2D eigenvalue weighted by molar-refractivity contribution is 0.00872. The Kier molecular flexibility index (Phi) is 5.82. The van der Waals surface area contributed by atoms with Crippen molar-refractivity contribution in [1.29, 1.82) is 0 Å². The number of nitrogens with one attached hydrogen (secondary N) is 1. The molecule has 9 heteroatoms. The molecule has 0 bridgehead atoms. The first-order valence-electron chi connectivity index (χ1n) is 10.6. The van der Waals surface area contributed by atoms with Gasteiger partial charge in [0.2, 0.25) is 6.35 Å². The second-order valence-electron chi connectivity index (χ2n) is 7.98. The molecule has 1 aliphatic rings. The van der Waals surface area contributed by atoms with Crippen molar-refractivity contribution in [3.05, 3.63) is 76.3 Å². The summed E-state index contributed by atoms with van der Waals surface area (Å²) in [6.07, 6.45) is -1.48. The number of aliphatic hydroxyl groups excluding tert-OH is 1. The number of rotatable bonds is 5. The molecule has 1 aliphatic heterocycles. The second kappa shape index (κ2) is 8.59. The summed E-state index contributed by atoms with van der Waals surface area (Å²) in [5, 5.41) is 14.2. The first kappa shape index (κ1) is 22.3. The van der Waals surface area contributed by atoms with Gasteiger partial charge in [-0.25, -0.2) is 4.39 Å². The Hall–Kier alpha value is -3.85. The lowest BCUT2D eigenvalue weighted by Crippen LogP contribution is -2.55. The van der Waals surface area contributed by atoms with Crippen LogP contribution in [0.15, 0.2) is 59.4 Å². The number of hydrogen-bond donors (Lipinski definition) is 2. The van der Waals surface area contributed by atoms with Crippen molar-refractivity contribution in [2.24, 2.45) is 7.05 Å². The van der Waals surface area contributed by atoms with Gasteiger partial charge < -0.3 is 15.3 Å².